The number of unbranched alkanes of at least 4 members (excludes halogenated alkanes) is 11. The number of esters is 1. The highest BCUT2D eigenvalue weighted by Gasteiger charge is 2.34. The van der Waals surface area contributed by atoms with Gasteiger partial charge in [-0.15, -0.1) is 0 Å². The molecule has 0 amide bonds. The van der Waals surface area contributed by atoms with Gasteiger partial charge in [-0.05, 0) is 64.4 Å². The van der Waals surface area contributed by atoms with E-state index in [-0.39, 0.29) is 24.3 Å². The average molecular weight is 613 g/mol. The third-order valence-corrected chi connectivity index (χ3v) is 9.22. The SMILES string of the molecule is CCCCCCCCCCCC[C@H](O)[C@H]1CC[C@H]([C@H](O)CCC[C@@H](O)[C@H](O)CCCCC[C@@H](O)CC2=C[C@H](C)OC2=O)O1. The molecule has 8 atom stereocenters. The Bertz CT molecular complexity index is 758. The molecule has 1 fully saturated rings. The van der Waals surface area contributed by atoms with E-state index in [1.165, 1.54) is 51.4 Å². The fraction of sp³-hybridized carbons (Fsp3) is 0.914. The summed E-state index contributed by atoms with van der Waals surface area (Å²) in [5.41, 5.74) is 0.542. The molecule has 5 N–H and O–H groups in total. The zero-order chi connectivity index (χ0) is 31.5. The minimum Gasteiger partial charge on any atom is -0.455 e. The van der Waals surface area contributed by atoms with Crippen LogP contribution in [0.5, 0.6) is 0 Å². The van der Waals surface area contributed by atoms with Crippen molar-refractivity contribution in [2.45, 2.75) is 204 Å². The Morgan fingerprint density at radius 3 is 1.70 bits per heavy atom. The van der Waals surface area contributed by atoms with Crippen LogP contribution in [-0.2, 0) is 14.3 Å². The molecular formula is C35H64O8. The fourth-order valence-corrected chi connectivity index (χ4v) is 6.44. The third-order valence-electron chi connectivity index (χ3n) is 9.22. The summed E-state index contributed by atoms with van der Waals surface area (Å²) in [6.07, 6.45) is 17.9. The number of cyclic esters (lactones) is 1. The normalized spacial score (nSPS) is 24.0. The Balaban J connectivity index is 1.46. The molecule has 0 aromatic carbocycles. The predicted octanol–water partition coefficient (Wildman–Crippen LogP) is 6.03. The minimum absolute atomic E-state index is 0.202. The number of aliphatic hydroxyl groups excluding tert-OH is 5. The highest BCUT2D eigenvalue weighted by Crippen LogP contribution is 2.28. The summed E-state index contributed by atoms with van der Waals surface area (Å²) in [5, 5.41) is 52.1. The molecule has 0 aromatic rings. The van der Waals surface area contributed by atoms with Gasteiger partial charge in [0.05, 0.1) is 42.7 Å². The lowest BCUT2D eigenvalue weighted by molar-refractivity contribution is -0.139. The van der Waals surface area contributed by atoms with Gasteiger partial charge in [0, 0.05) is 12.0 Å². The second kappa shape index (κ2) is 22.5. The summed E-state index contributed by atoms with van der Waals surface area (Å²) in [4.78, 5) is 11.7. The molecule has 1 saturated heterocycles. The Kier molecular flexibility index (Phi) is 19.9. The van der Waals surface area contributed by atoms with Crippen molar-refractivity contribution in [2.24, 2.45) is 0 Å². The van der Waals surface area contributed by atoms with E-state index in [1.807, 2.05) is 0 Å². The van der Waals surface area contributed by atoms with E-state index in [2.05, 4.69) is 6.92 Å². The number of ether oxygens (including phenoxy) is 2. The number of aliphatic hydroxyl groups is 5. The predicted molar refractivity (Wildman–Crippen MR) is 170 cm³/mol. The Morgan fingerprint density at radius 2 is 1.14 bits per heavy atom. The van der Waals surface area contributed by atoms with Gasteiger partial charge in [0.1, 0.15) is 6.10 Å². The smallest absolute Gasteiger partial charge is 0.334 e. The van der Waals surface area contributed by atoms with Crippen molar-refractivity contribution < 1.29 is 39.8 Å². The molecule has 0 bridgehead atoms. The monoisotopic (exact) mass is 612 g/mol. The van der Waals surface area contributed by atoms with Crippen molar-refractivity contribution in [3.05, 3.63) is 11.6 Å². The maximum absolute atomic E-state index is 11.7. The maximum atomic E-state index is 11.7. The van der Waals surface area contributed by atoms with E-state index in [0.29, 0.717) is 44.1 Å². The molecular weight excluding hydrogens is 548 g/mol. The zero-order valence-electron chi connectivity index (χ0n) is 27.2. The average Bonchev–Trinajstić information content (AvgIpc) is 3.59. The van der Waals surface area contributed by atoms with E-state index in [1.54, 1.807) is 13.0 Å². The Morgan fingerprint density at radius 1 is 0.674 bits per heavy atom. The van der Waals surface area contributed by atoms with Gasteiger partial charge < -0.3 is 35.0 Å². The summed E-state index contributed by atoms with van der Waals surface area (Å²) in [5.74, 6) is -0.343. The molecule has 2 rings (SSSR count). The summed E-state index contributed by atoms with van der Waals surface area (Å²) < 4.78 is 11.1. The van der Waals surface area contributed by atoms with E-state index in [0.717, 1.165) is 51.4 Å². The third kappa shape index (κ3) is 16.2. The van der Waals surface area contributed by atoms with Gasteiger partial charge in [-0.3, -0.25) is 0 Å². The van der Waals surface area contributed by atoms with Crippen LogP contribution in [0.15, 0.2) is 11.6 Å². The molecule has 0 radical (unpaired) electrons. The first-order chi connectivity index (χ1) is 20.7. The first-order valence-corrected chi connectivity index (χ1v) is 17.7. The van der Waals surface area contributed by atoms with Crippen molar-refractivity contribution >= 4 is 5.97 Å². The number of carbonyl (C=O) groups is 1. The second-order valence-electron chi connectivity index (χ2n) is 13.3. The molecule has 0 aliphatic carbocycles. The number of carbonyl (C=O) groups excluding carboxylic acids is 1. The fourth-order valence-electron chi connectivity index (χ4n) is 6.44. The molecule has 2 aliphatic heterocycles. The summed E-state index contributed by atoms with van der Waals surface area (Å²) in [6.45, 7) is 4.04. The highest BCUT2D eigenvalue weighted by molar-refractivity contribution is 5.90. The van der Waals surface area contributed by atoms with E-state index >= 15 is 0 Å². The van der Waals surface area contributed by atoms with Gasteiger partial charge in [0.2, 0.25) is 0 Å². The molecule has 252 valence electrons. The quantitative estimate of drug-likeness (QED) is 0.0590. The highest BCUT2D eigenvalue weighted by atomic mass is 16.5. The van der Waals surface area contributed by atoms with Gasteiger partial charge in [0.15, 0.2) is 0 Å². The van der Waals surface area contributed by atoms with Crippen molar-refractivity contribution in [1.29, 1.82) is 0 Å². The molecule has 0 unspecified atom stereocenters. The molecule has 0 spiro atoms. The van der Waals surface area contributed by atoms with Crippen LogP contribution in [-0.4, -0.2) is 80.3 Å². The molecule has 0 aromatic heterocycles. The lowest BCUT2D eigenvalue weighted by Crippen LogP contribution is -2.31. The molecule has 2 heterocycles. The van der Waals surface area contributed by atoms with Crippen molar-refractivity contribution in [2.75, 3.05) is 0 Å². The van der Waals surface area contributed by atoms with Crippen LogP contribution in [0, 0.1) is 0 Å². The summed E-state index contributed by atoms with van der Waals surface area (Å²) in [6, 6.07) is 0. The number of rotatable bonds is 26. The second-order valence-corrected chi connectivity index (χ2v) is 13.3. The lowest BCUT2D eigenvalue weighted by atomic mass is 9.97. The van der Waals surface area contributed by atoms with Gasteiger partial charge in [-0.25, -0.2) is 4.79 Å². The summed E-state index contributed by atoms with van der Waals surface area (Å²) in [7, 11) is 0. The van der Waals surface area contributed by atoms with Crippen LogP contribution < -0.4 is 0 Å². The van der Waals surface area contributed by atoms with E-state index in [4.69, 9.17) is 9.47 Å². The summed E-state index contributed by atoms with van der Waals surface area (Å²) >= 11 is 0. The zero-order valence-corrected chi connectivity index (χ0v) is 27.2. The number of hydrogen-bond acceptors (Lipinski definition) is 8. The first-order valence-electron chi connectivity index (χ1n) is 17.7. The topological polar surface area (TPSA) is 137 Å². The number of hydrogen-bond donors (Lipinski definition) is 5. The molecule has 8 nitrogen and oxygen atoms in total. The van der Waals surface area contributed by atoms with Crippen molar-refractivity contribution in [3.63, 3.8) is 0 Å². The largest absolute Gasteiger partial charge is 0.455 e. The van der Waals surface area contributed by atoms with Crippen molar-refractivity contribution in [3.8, 4) is 0 Å². The van der Waals surface area contributed by atoms with Crippen LogP contribution in [0.25, 0.3) is 0 Å². The first kappa shape index (κ1) is 38.2. The maximum Gasteiger partial charge on any atom is 0.334 e. The molecule has 43 heavy (non-hydrogen) atoms. The van der Waals surface area contributed by atoms with Crippen LogP contribution in [0.2, 0.25) is 0 Å². The van der Waals surface area contributed by atoms with Gasteiger partial charge in [-0.1, -0.05) is 90.4 Å². The minimum atomic E-state index is -0.833. The van der Waals surface area contributed by atoms with Gasteiger partial charge in [0.25, 0.3) is 0 Å². The lowest BCUT2D eigenvalue weighted by Gasteiger charge is -2.23. The van der Waals surface area contributed by atoms with Crippen LogP contribution in [0.4, 0.5) is 0 Å². The van der Waals surface area contributed by atoms with Crippen LogP contribution in [0.3, 0.4) is 0 Å². The van der Waals surface area contributed by atoms with Crippen molar-refractivity contribution in [1.82, 2.24) is 0 Å². The molecule has 0 saturated carbocycles. The van der Waals surface area contributed by atoms with E-state index in [9.17, 15) is 30.3 Å². The van der Waals surface area contributed by atoms with Gasteiger partial charge in [-0.2, -0.15) is 0 Å². The van der Waals surface area contributed by atoms with Gasteiger partial charge >= 0.3 is 5.97 Å². The van der Waals surface area contributed by atoms with Crippen LogP contribution in [0.1, 0.15) is 155 Å². The standard InChI is InChI=1S/C35H64O8/c1-3-4-5-6-7-8-9-10-11-14-19-31(39)33-22-23-34(43-33)32(40)21-16-20-30(38)29(37)18-15-12-13-17-28(36)25-27-24-26(2)42-35(27)41/h24,26,28-34,36-40H,3-23,25H2,1-2H3/t26-,28+,29+,30+,31-,32+,33+,34+/m0/s1. The molecule has 8 heteroatoms. The van der Waals surface area contributed by atoms with E-state index < -0.39 is 30.5 Å². The van der Waals surface area contributed by atoms with Crippen LogP contribution >= 0.6 is 0 Å². The Hall–Kier alpha value is -1.03. The Labute approximate surface area is 261 Å². The molecule has 2 aliphatic rings.